The molecular formula is C24H40N2O2. The van der Waals surface area contributed by atoms with E-state index in [1.165, 1.54) is 64.0 Å². The molecule has 1 aromatic rings. The standard InChI is InChI=1S/C24H40N2O2/c1-24(2)17-22(12-16-28-24)19-25(3)18-21-10-14-26(15-11-21)13-9-20-5-7-23(27-4)8-6-20/h5-8,21-22H,9-19H2,1-4H3/t22-/m0/s1. The molecule has 2 fully saturated rings. The maximum absolute atomic E-state index is 5.88. The number of methoxy groups -OCH3 is 1. The van der Waals surface area contributed by atoms with Crippen LogP contribution in [0.15, 0.2) is 24.3 Å². The monoisotopic (exact) mass is 388 g/mol. The topological polar surface area (TPSA) is 24.9 Å². The first-order valence-corrected chi connectivity index (χ1v) is 11.1. The number of likely N-dealkylation sites (tertiary alicyclic amines) is 1. The summed E-state index contributed by atoms with van der Waals surface area (Å²) in [5.74, 6) is 2.59. The minimum Gasteiger partial charge on any atom is -0.497 e. The Labute approximate surface area is 172 Å². The number of hydrogen-bond acceptors (Lipinski definition) is 4. The molecule has 0 radical (unpaired) electrons. The van der Waals surface area contributed by atoms with E-state index in [1.807, 2.05) is 0 Å². The highest BCUT2D eigenvalue weighted by Crippen LogP contribution is 2.29. The highest BCUT2D eigenvalue weighted by molar-refractivity contribution is 5.27. The van der Waals surface area contributed by atoms with E-state index in [0.717, 1.165) is 30.6 Å². The molecule has 0 spiro atoms. The fraction of sp³-hybridized carbons (Fsp3) is 0.750. The Morgan fingerprint density at radius 1 is 1.07 bits per heavy atom. The molecule has 1 atom stereocenters. The third kappa shape index (κ3) is 6.75. The van der Waals surface area contributed by atoms with Crippen molar-refractivity contribution in [3.8, 4) is 5.75 Å². The molecule has 0 N–H and O–H groups in total. The summed E-state index contributed by atoms with van der Waals surface area (Å²) in [5, 5.41) is 0. The number of nitrogens with zero attached hydrogens (tertiary/aromatic N) is 2. The highest BCUT2D eigenvalue weighted by Gasteiger charge is 2.30. The summed E-state index contributed by atoms with van der Waals surface area (Å²) in [7, 11) is 4.04. The lowest BCUT2D eigenvalue weighted by Crippen LogP contribution is -2.42. The second kappa shape index (κ2) is 10.1. The molecule has 2 aliphatic heterocycles. The molecule has 0 saturated carbocycles. The Hall–Kier alpha value is -1.10. The molecule has 1 aromatic carbocycles. The third-order valence-corrected chi connectivity index (χ3v) is 6.52. The van der Waals surface area contributed by atoms with Crippen molar-refractivity contribution in [1.29, 1.82) is 0 Å². The first-order chi connectivity index (χ1) is 13.4. The Morgan fingerprint density at radius 2 is 1.75 bits per heavy atom. The fourth-order valence-electron chi connectivity index (χ4n) is 4.94. The molecule has 2 aliphatic rings. The first-order valence-electron chi connectivity index (χ1n) is 11.1. The Balaban J connectivity index is 1.33. The third-order valence-electron chi connectivity index (χ3n) is 6.52. The van der Waals surface area contributed by atoms with Gasteiger partial charge in [-0.3, -0.25) is 0 Å². The van der Waals surface area contributed by atoms with Gasteiger partial charge in [-0.25, -0.2) is 0 Å². The SMILES string of the molecule is COc1ccc(CCN2CCC(CN(C)C[C@H]3CCOC(C)(C)C3)CC2)cc1. The zero-order chi connectivity index (χ0) is 20.0. The zero-order valence-corrected chi connectivity index (χ0v) is 18.5. The Bertz CT molecular complexity index is 579. The van der Waals surface area contributed by atoms with Gasteiger partial charge in [-0.15, -0.1) is 0 Å². The van der Waals surface area contributed by atoms with Crippen LogP contribution in [-0.2, 0) is 11.2 Å². The van der Waals surface area contributed by atoms with Crippen LogP contribution >= 0.6 is 0 Å². The minimum atomic E-state index is 0.0684. The summed E-state index contributed by atoms with van der Waals surface area (Å²) in [4.78, 5) is 5.23. The lowest BCUT2D eigenvalue weighted by molar-refractivity contribution is -0.0764. The van der Waals surface area contributed by atoms with Crippen LogP contribution in [0, 0.1) is 11.8 Å². The maximum atomic E-state index is 5.88. The van der Waals surface area contributed by atoms with Gasteiger partial charge in [0, 0.05) is 26.2 Å². The van der Waals surface area contributed by atoms with Crippen molar-refractivity contribution in [2.75, 3.05) is 53.5 Å². The molecule has 0 aromatic heterocycles. The molecular weight excluding hydrogens is 348 g/mol. The van der Waals surface area contributed by atoms with Crippen LogP contribution in [0.1, 0.15) is 45.1 Å². The second-order valence-corrected chi connectivity index (χ2v) is 9.57. The smallest absolute Gasteiger partial charge is 0.118 e. The summed E-state index contributed by atoms with van der Waals surface area (Å²) >= 11 is 0. The summed E-state index contributed by atoms with van der Waals surface area (Å²) in [6, 6.07) is 8.52. The van der Waals surface area contributed by atoms with Crippen LogP contribution in [0.4, 0.5) is 0 Å². The summed E-state index contributed by atoms with van der Waals surface area (Å²) in [6.07, 6.45) is 6.23. The highest BCUT2D eigenvalue weighted by atomic mass is 16.5. The fourth-order valence-corrected chi connectivity index (χ4v) is 4.94. The summed E-state index contributed by atoms with van der Waals surface area (Å²) < 4.78 is 11.1. The van der Waals surface area contributed by atoms with Gasteiger partial charge in [-0.05, 0) is 95.6 Å². The van der Waals surface area contributed by atoms with Gasteiger partial charge in [0.25, 0.3) is 0 Å². The van der Waals surface area contributed by atoms with Crippen molar-refractivity contribution < 1.29 is 9.47 Å². The number of benzene rings is 1. The predicted octanol–water partition coefficient (Wildman–Crippen LogP) is 4.09. The van der Waals surface area contributed by atoms with E-state index in [-0.39, 0.29) is 5.60 Å². The van der Waals surface area contributed by atoms with E-state index in [4.69, 9.17) is 9.47 Å². The van der Waals surface area contributed by atoms with Crippen molar-refractivity contribution >= 4 is 0 Å². The van der Waals surface area contributed by atoms with Crippen LogP contribution in [0.5, 0.6) is 5.75 Å². The van der Waals surface area contributed by atoms with Gasteiger partial charge in [0.2, 0.25) is 0 Å². The van der Waals surface area contributed by atoms with Crippen LogP contribution in [-0.4, -0.2) is 68.9 Å². The van der Waals surface area contributed by atoms with Gasteiger partial charge in [0.1, 0.15) is 5.75 Å². The largest absolute Gasteiger partial charge is 0.497 e. The summed E-state index contributed by atoms with van der Waals surface area (Å²) in [6.45, 7) is 11.6. The van der Waals surface area contributed by atoms with E-state index >= 15 is 0 Å². The van der Waals surface area contributed by atoms with E-state index in [0.29, 0.717) is 0 Å². The average molecular weight is 389 g/mol. The van der Waals surface area contributed by atoms with Crippen molar-refractivity contribution in [1.82, 2.24) is 9.80 Å². The number of ether oxygens (including phenoxy) is 2. The van der Waals surface area contributed by atoms with Gasteiger partial charge in [-0.2, -0.15) is 0 Å². The van der Waals surface area contributed by atoms with E-state index in [2.05, 4.69) is 55.0 Å². The molecule has 0 unspecified atom stereocenters. The van der Waals surface area contributed by atoms with Gasteiger partial charge in [0.15, 0.2) is 0 Å². The van der Waals surface area contributed by atoms with Crippen LogP contribution in [0.25, 0.3) is 0 Å². The number of hydrogen-bond donors (Lipinski definition) is 0. The Morgan fingerprint density at radius 3 is 2.39 bits per heavy atom. The van der Waals surface area contributed by atoms with Crippen LogP contribution in [0.2, 0.25) is 0 Å². The van der Waals surface area contributed by atoms with Crippen LogP contribution < -0.4 is 4.74 Å². The molecule has 4 heteroatoms. The zero-order valence-electron chi connectivity index (χ0n) is 18.5. The van der Waals surface area contributed by atoms with Crippen LogP contribution in [0.3, 0.4) is 0 Å². The molecule has 3 rings (SSSR count). The number of piperidine rings is 1. The van der Waals surface area contributed by atoms with Gasteiger partial charge >= 0.3 is 0 Å². The minimum absolute atomic E-state index is 0.0684. The quantitative estimate of drug-likeness (QED) is 0.670. The molecule has 28 heavy (non-hydrogen) atoms. The first kappa shape index (κ1) is 21.6. The predicted molar refractivity (Wildman–Crippen MR) is 116 cm³/mol. The molecule has 0 bridgehead atoms. The lowest BCUT2D eigenvalue weighted by atomic mass is 9.87. The van der Waals surface area contributed by atoms with E-state index in [1.54, 1.807) is 7.11 Å². The number of rotatable bonds is 8. The van der Waals surface area contributed by atoms with Gasteiger partial charge in [0.05, 0.1) is 12.7 Å². The molecule has 0 amide bonds. The van der Waals surface area contributed by atoms with Crippen molar-refractivity contribution in [2.45, 2.75) is 51.6 Å². The van der Waals surface area contributed by atoms with Crippen molar-refractivity contribution in [3.05, 3.63) is 29.8 Å². The van der Waals surface area contributed by atoms with Crippen molar-refractivity contribution in [3.63, 3.8) is 0 Å². The molecule has 4 nitrogen and oxygen atoms in total. The molecule has 2 heterocycles. The molecule has 158 valence electrons. The average Bonchev–Trinajstić information content (AvgIpc) is 2.67. The Kier molecular flexibility index (Phi) is 7.78. The lowest BCUT2D eigenvalue weighted by Gasteiger charge is -2.38. The summed E-state index contributed by atoms with van der Waals surface area (Å²) in [5.41, 5.74) is 1.47. The van der Waals surface area contributed by atoms with Crippen molar-refractivity contribution in [2.24, 2.45) is 11.8 Å². The van der Waals surface area contributed by atoms with Gasteiger partial charge < -0.3 is 19.3 Å². The molecule has 0 aliphatic carbocycles. The normalized spacial score (nSPS) is 23.8. The van der Waals surface area contributed by atoms with E-state index < -0.39 is 0 Å². The molecule has 2 saturated heterocycles. The van der Waals surface area contributed by atoms with E-state index in [9.17, 15) is 0 Å². The second-order valence-electron chi connectivity index (χ2n) is 9.57. The maximum Gasteiger partial charge on any atom is 0.118 e. The van der Waals surface area contributed by atoms with Gasteiger partial charge in [-0.1, -0.05) is 12.1 Å².